The van der Waals surface area contributed by atoms with E-state index in [2.05, 4.69) is 15.4 Å². The number of carbonyl (C=O) groups excluding carboxylic acids is 4. The van der Waals surface area contributed by atoms with Gasteiger partial charge in [-0.3, -0.25) is 14.4 Å². The summed E-state index contributed by atoms with van der Waals surface area (Å²) in [6.07, 6.45) is 1.74. The molecule has 1 aliphatic carbocycles. The predicted molar refractivity (Wildman–Crippen MR) is 122 cm³/mol. The number of alkyl carbamates (subject to hydrolysis) is 1. The first-order valence-electron chi connectivity index (χ1n) is 11.1. The summed E-state index contributed by atoms with van der Waals surface area (Å²) in [7, 11) is 1.24. The lowest BCUT2D eigenvalue weighted by Crippen LogP contribution is -2.54. The van der Waals surface area contributed by atoms with Gasteiger partial charge in [-0.2, -0.15) is 0 Å². The number of hydrogen-bond donors (Lipinski definition) is 2. The molecule has 182 valence electrons. The van der Waals surface area contributed by atoms with Gasteiger partial charge in [0.05, 0.1) is 7.11 Å². The van der Waals surface area contributed by atoms with E-state index in [9.17, 15) is 19.2 Å². The van der Waals surface area contributed by atoms with E-state index in [4.69, 9.17) is 4.74 Å². The molecule has 0 radical (unpaired) electrons. The normalized spacial score (nSPS) is 14.5. The van der Waals surface area contributed by atoms with Crippen LogP contribution in [0.5, 0.6) is 0 Å². The van der Waals surface area contributed by atoms with E-state index in [-0.39, 0.29) is 19.1 Å². The Morgan fingerprint density at radius 2 is 1.73 bits per heavy atom. The Kier molecular flexibility index (Phi) is 8.84. The number of rotatable bonds is 8. The molecule has 33 heavy (non-hydrogen) atoms. The summed E-state index contributed by atoms with van der Waals surface area (Å²) >= 11 is 0. The highest BCUT2D eigenvalue weighted by atomic mass is 16.6. The van der Waals surface area contributed by atoms with Crippen LogP contribution in [0.2, 0.25) is 0 Å². The highest BCUT2D eigenvalue weighted by molar-refractivity contribution is 5.92. The molecule has 9 nitrogen and oxygen atoms in total. The van der Waals surface area contributed by atoms with Crippen molar-refractivity contribution < 1.29 is 28.7 Å². The molecule has 0 heterocycles. The van der Waals surface area contributed by atoms with E-state index in [1.54, 1.807) is 20.8 Å². The molecular formula is C24H35N3O6. The lowest BCUT2D eigenvalue weighted by molar-refractivity contribution is -0.146. The van der Waals surface area contributed by atoms with Crippen molar-refractivity contribution in [2.75, 3.05) is 20.2 Å². The molecule has 0 bridgehead atoms. The molecule has 1 aliphatic rings. The molecule has 1 fully saturated rings. The van der Waals surface area contributed by atoms with E-state index < -0.39 is 35.5 Å². The second-order valence-corrected chi connectivity index (χ2v) is 9.28. The van der Waals surface area contributed by atoms with Crippen molar-refractivity contribution in [3.8, 4) is 0 Å². The van der Waals surface area contributed by atoms with Crippen molar-refractivity contribution in [2.45, 2.75) is 71.6 Å². The van der Waals surface area contributed by atoms with Crippen LogP contribution < -0.4 is 10.6 Å². The van der Waals surface area contributed by atoms with Gasteiger partial charge in [0.1, 0.15) is 24.7 Å². The van der Waals surface area contributed by atoms with Crippen LogP contribution in [0.15, 0.2) is 18.2 Å². The average molecular weight is 462 g/mol. The molecule has 9 heteroatoms. The number of nitrogens with zero attached hydrogens (tertiary/aromatic N) is 1. The number of ether oxygens (including phenoxy) is 2. The third kappa shape index (κ3) is 7.47. The van der Waals surface area contributed by atoms with Crippen molar-refractivity contribution in [3.63, 3.8) is 0 Å². The maximum Gasteiger partial charge on any atom is 0.408 e. The molecule has 0 aliphatic heterocycles. The number of esters is 1. The molecule has 1 aromatic carbocycles. The first kappa shape index (κ1) is 26.2. The van der Waals surface area contributed by atoms with Gasteiger partial charge in [-0.1, -0.05) is 18.2 Å². The van der Waals surface area contributed by atoms with Crippen LogP contribution in [0.4, 0.5) is 4.79 Å². The van der Waals surface area contributed by atoms with Crippen molar-refractivity contribution in [1.82, 2.24) is 15.5 Å². The smallest absolute Gasteiger partial charge is 0.408 e. The van der Waals surface area contributed by atoms with Crippen LogP contribution >= 0.6 is 0 Å². The van der Waals surface area contributed by atoms with Crippen molar-refractivity contribution >= 4 is 23.9 Å². The zero-order valence-corrected chi connectivity index (χ0v) is 20.3. The van der Waals surface area contributed by atoms with Crippen LogP contribution in [-0.4, -0.2) is 60.6 Å². The average Bonchev–Trinajstić information content (AvgIpc) is 2.69. The number of amides is 3. The third-order valence-corrected chi connectivity index (χ3v) is 5.55. The van der Waals surface area contributed by atoms with Gasteiger partial charge >= 0.3 is 12.1 Å². The minimum absolute atomic E-state index is 0.145. The fourth-order valence-corrected chi connectivity index (χ4v) is 3.48. The van der Waals surface area contributed by atoms with Crippen molar-refractivity contribution in [2.24, 2.45) is 0 Å². The lowest BCUT2D eigenvalue weighted by atomic mass is 9.88. The molecule has 1 atom stereocenters. The van der Waals surface area contributed by atoms with Crippen LogP contribution in [0, 0.1) is 13.8 Å². The second kappa shape index (κ2) is 11.2. The minimum atomic E-state index is -0.952. The van der Waals surface area contributed by atoms with Gasteiger partial charge < -0.3 is 25.0 Å². The standard InChI is InChI=1S/C24H35N3O6/c1-15-10-11-17(12-16(15)2)21(22(30)25-14-20(29)32-6)27(18-8-7-9-18)19(28)13-26-23(31)33-24(3,4)5/h10-12,18,21H,7-9,13-14H2,1-6H3,(H,25,30)(H,26,31). The molecule has 1 saturated carbocycles. The Bertz CT molecular complexity index is 889. The Hall–Kier alpha value is -3.10. The van der Waals surface area contributed by atoms with E-state index in [1.807, 2.05) is 32.0 Å². The Morgan fingerprint density at radius 3 is 2.24 bits per heavy atom. The molecule has 2 N–H and O–H groups in total. The van der Waals surface area contributed by atoms with Gasteiger partial charge in [-0.15, -0.1) is 0 Å². The summed E-state index contributed by atoms with van der Waals surface area (Å²) < 4.78 is 9.83. The fourth-order valence-electron chi connectivity index (χ4n) is 3.48. The van der Waals surface area contributed by atoms with Gasteiger partial charge in [0.15, 0.2) is 0 Å². The fraction of sp³-hybridized carbons (Fsp3) is 0.583. The number of aryl methyl sites for hydroxylation is 2. The molecule has 0 saturated heterocycles. The highest BCUT2D eigenvalue weighted by Gasteiger charge is 2.39. The maximum atomic E-state index is 13.3. The number of hydrogen-bond acceptors (Lipinski definition) is 6. The van der Waals surface area contributed by atoms with Crippen molar-refractivity contribution in [3.05, 3.63) is 34.9 Å². The van der Waals surface area contributed by atoms with Crippen LogP contribution in [-0.2, 0) is 23.9 Å². The summed E-state index contributed by atoms with van der Waals surface area (Å²) in [5.41, 5.74) is 1.97. The summed E-state index contributed by atoms with van der Waals surface area (Å²) in [4.78, 5) is 51.7. The SMILES string of the molecule is COC(=O)CNC(=O)C(c1ccc(C)c(C)c1)N(C(=O)CNC(=O)OC(C)(C)C)C1CCC1. The largest absolute Gasteiger partial charge is 0.468 e. The molecule has 1 aromatic rings. The number of benzene rings is 1. The minimum Gasteiger partial charge on any atom is -0.468 e. The van der Waals surface area contributed by atoms with Crippen molar-refractivity contribution in [1.29, 1.82) is 0 Å². The van der Waals surface area contributed by atoms with Gasteiger partial charge in [-0.25, -0.2) is 4.79 Å². The summed E-state index contributed by atoms with van der Waals surface area (Å²) in [6, 6.07) is 4.48. The van der Waals surface area contributed by atoms with Gasteiger partial charge in [0.25, 0.3) is 0 Å². The summed E-state index contributed by atoms with van der Waals surface area (Å²) in [6.45, 7) is 8.48. The Balaban J connectivity index is 2.32. The molecular weight excluding hydrogens is 426 g/mol. The van der Waals surface area contributed by atoms with Crippen LogP contribution in [0.1, 0.15) is 62.8 Å². The van der Waals surface area contributed by atoms with Gasteiger partial charge in [-0.05, 0) is 70.6 Å². The number of carbonyl (C=O) groups is 4. The molecule has 3 amide bonds. The van der Waals surface area contributed by atoms with E-state index in [0.717, 1.165) is 30.4 Å². The van der Waals surface area contributed by atoms with E-state index in [1.165, 1.54) is 12.0 Å². The van der Waals surface area contributed by atoms with Crippen LogP contribution in [0.25, 0.3) is 0 Å². The number of methoxy groups -OCH3 is 1. The lowest BCUT2D eigenvalue weighted by Gasteiger charge is -2.42. The zero-order chi connectivity index (χ0) is 24.8. The first-order valence-corrected chi connectivity index (χ1v) is 11.1. The molecule has 2 rings (SSSR count). The van der Waals surface area contributed by atoms with Gasteiger partial charge in [0, 0.05) is 6.04 Å². The van der Waals surface area contributed by atoms with E-state index >= 15 is 0 Å². The highest BCUT2D eigenvalue weighted by Crippen LogP contribution is 2.33. The predicted octanol–water partition coefficient (Wildman–Crippen LogP) is 2.54. The maximum absolute atomic E-state index is 13.3. The monoisotopic (exact) mass is 461 g/mol. The quantitative estimate of drug-likeness (QED) is 0.575. The summed E-state index contributed by atoms with van der Waals surface area (Å²) in [5.74, 6) is -1.47. The zero-order valence-electron chi connectivity index (χ0n) is 20.3. The second-order valence-electron chi connectivity index (χ2n) is 9.28. The number of nitrogens with one attached hydrogen (secondary N) is 2. The molecule has 1 unspecified atom stereocenters. The first-order chi connectivity index (χ1) is 15.4. The molecule has 0 spiro atoms. The van der Waals surface area contributed by atoms with E-state index in [0.29, 0.717) is 5.56 Å². The topological polar surface area (TPSA) is 114 Å². The van der Waals surface area contributed by atoms with Gasteiger partial charge in [0.2, 0.25) is 11.8 Å². The molecule has 0 aromatic heterocycles. The Morgan fingerprint density at radius 1 is 1.06 bits per heavy atom. The van der Waals surface area contributed by atoms with Crippen LogP contribution in [0.3, 0.4) is 0 Å². The Labute approximate surface area is 195 Å². The third-order valence-electron chi connectivity index (χ3n) is 5.55. The summed E-state index contributed by atoms with van der Waals surface area (Å²) in [5, 5.41) is 5.07.